The van der Waals surface area contributed by atoms with Gasteiger partial charge in [0.15, 0.2) is 5.82 Å². The molecule has 0 aliphatic heterocycles. The highest BCUT2D eigenvalue weighted by Crippen LogP contribution is 2.24. The number of hydrogen-bond acceptors (Lipinski definition) is 4. The molecule has 0 bridgehead atoms. The number of nitrogens with one attached hydrogen (secondary N) is 1. The molecule has 0 spiro atoms. The molecule has 0 saturated heterocycles. The third-order valence-corrected chi connectivity index (χ3v) is 3.86. The van der Waals surface area contributed by atoms with Crippen LogP contribution in [0.4, 0.5) is 0 Å². The molecule has 25 heavy (non-hydrogen) atoms. The summed E-state index contributed by atoms with van der Waals surface area (Å²) < 4.78 is 1.61. The van der Waals surface area contributed by atoms with Gasteiger partial charge in [0.05, 0.1) is 24.2 Å². The summed E-state index contributed by atoms with van der Waals surface area (Å²) in [7, 11) is 0. The molecule has 0 amide bonds. The summed E-state index contributed by atoms with van der Waals surface area (Å²) in [6.07, 6.45) is 7.15. The van der Waals surface area contributed by atoms with Crippen LogP contribution in [0.3, 0.4) is 0 Å². The second-order valence-corrected chi connectivity index (χ2v) is 5.53. The first-order valence-electron chi connectivity index (χ1n) is 7.80. The van der Waals surface area contributed by atoms with Crippen molar-refractivity contribution >= 4 is 0 Å². The van der Waals surface area contributed by atoms with Gasteiger partial charge in [-0.15, -0.1) is 0 Å². The van der Waals surface area contributed by atoms with Crippen molar-refractivity contribution in [1.29, 1.82) is 5.26 Å². The number of H-pyrrole nitrogens is 1. The molecule has 0 unspecified atom stereocenters. The van der Waals surface area contributed by atoms with E-state index in [1.165, 1.54) is 0 Å². The molecule has 6 heteroatoms. The van der Waals surface area contributed by atoms with Gasteiger partial charge in [-0.25, -0.2) is 4.98 Å². The predicted molar refractivity (Wildman–Crippen MR) is 94.1 cm³/mol. The molecule has 3 heterocycles. The van der Waals surface area contributed by atoms with Crippen LogP contribution in [0.1, 0.15) is 0 Å². The largest absolute Gasteiger partial charge is 0.337 e. The van der Waals surface area contributed by atoms with Gasteiger partial charge in [0.25, 0.3) is 0 Å². The Hall–Kier alpha value is -3.72. The smallest absolute Gasteiger partial charge is 0.156 e. The van der Waals surface area contributed by atoms with E-state index < -0.39 is 0 Å². The van der Waals surface area contributed by atoms with E-state index in [2.05, 4.69) is 26.1 Å². The van der Waals surface area contributed by atoms with E-state index in [9.17, 15) is 0 Å². The average molecular weight is 326 g/mol. The Morgan fingerprint density at radius 3 is 2.72 bits per heavy atom. The molecule has 0 fully saturated rings. The molecule has 120 valence electrons. The Morgan fingerprint density at radius 1 is 1.00 bits per heavy atom. The molecule has 4 rings (SSSR count). The van der Waals surface area contributed by atoms with Crippen LogP contribution in [0.15, 0.2) is 67.3 Å². The highest BCUT2D eigenvalue weighted by atomic mass is 15.3. The van der Waals surface area contributed by atoms with Crippen molar-refractivity contribution in [3.8, 4) is 40.0 Å². The molecule has 0 aliphatic carbocycles. The SMILES string of the molecule is N#CCn1cc(-c2ccnc(-c3ncc(-c4ccccc4)[nH]3)c2)cn1. The molecule has 0 atom stereocenters. The summed E-state index contributed by atoms with van der Waals surface area (Å²) in [6.45, 7) is 0.233. The number of aromatic amines is 1. The van der Waals surface area contributed by atoms with Crippen molar-refractivity contribution < 1.29 is 0 Å². The van der Waals surface area contributed by atoms with Crippen LogP contribution in [0.25, 0.3) is 33.9 Å². The molecule has 6 nitrogen and oxygen atoms in total. The molecule has 1 N–H and O–H groups in total. The maximum absolute atomic E-state index is 8.76. The quantitative estimate of drug-likeness (QED) is 0.622. The molecule has 3 aromatic heterocycles. The zero-order valence-corrected chi connectivity index (χ0v) is 13.3. The lowest BCUT2D eigenvalue weighted by Gasteiger charge is -2.01. The minimum Gasteiger partial charge on any atom is -0.337 e. The van der Waals surface area contributed by atoms with Crippen molar-refractivity contribution in [1.82, 2.24) is 24.7 Å². The Balaban J connectivity index is 1.66. The fraction of sp³-hybridized carbons (Fsp3) is 0.0526. The topological polar surface area (TPSA) is 83.2 Å². The van der Waals surface area contributed by atoms with Gasteiger partial charge in [-0.3, -0.25) is 9.67 Å². The van der Waals surface area contributed by atoms with Gasteiger partial charge < -0.3 is 4.98 Å². The van der Waals surface area contributed by atoms with E-state index in [1.807, 2.05) is 54.9 Å². The molecule has 1 aromatic carbocycles. The number of hydrogen-bond donors (Lipinski definition) is 1. The lowest BCUT2D eigenvalue weighted by atomic mass is 10.1. The number of nitrogens with zero attached hydrogens (tertiary/aromatic N) is 5. The molecule has 0 radical (unpaired) electrons. The summed E-state index contributed by atoms with van der Waals surface area (Å²) in [5, 5.41) is 12.9. The standard InChI is InChI=1S/C19H14N6/c20-7-9-25-13-16(11-23-25)15-6-8-21-17(10-15)19-22-12-18(24-19)14-4-2-1-3-5-14/h1-6,8,10-13H,9H2,(H,22,24). The van der Waals surface area contributed by atoms with E-state index in [-0.39, 0.29) is 6.54 Å². The summed E-state index contributed by atoms with van der Waals surface area (Å²) in [5.74, 6) is 0.713. The third-order valence-electron chi connectivity index (χ3n) is 3.86. The predicted octanol–water partition coefficient (Wildman–Crippen LogP) is 3.53. The maximum Gasteiger partial charge on any atom is 0.156 e. The zero-order chi connectivity index (χ0) is 17.1. The highest BCUT2D eigenvalue weighted by Gasteiger charge is 2.09. The third kappa shape index (κ3) is 3.03. The number of benzene rings is 1. The molecular formula is C19H14N6. The number of aromatic nitrogens is 5. The number of nitriles is 1. The Labute approximate surface area is 144 Å². The average Bonchev–Trinajstić information content (AvgIpc) is 3.33. The van der Waals surface area contributed by atoms with Crippen LogP contribution in [0.5, 0.6) is 0 Å². The normalized spacial score (nSPS) is 10.5. The zero-order valence-electron chi connectivity index (χ0n) is 13.3. The Kier molecular flexibility index (Phi) is 3.81. The van der Waals surface area contributed by atoms with Crippen molar-refractivity contribution in [3.63, 3.8) is 0 Å². The van der Waals surface area contributed by atoms with E-state index in [0.717, 1.165) is 28.1 Å². The van der Waals surface area contributed by atoms with E-state index >= 15 is 0 Å². The van der Waals surface area contributed by atoms with Gasteiger partial charge in [-0.2, -0.15) is 10.4 Å². The highest BCUT2D eigenvalue weighted by molar-refractivity contribution is 5.68. The van der Waals surface area contributed by atoms with Crippen LogP contribution in [0, 0.1) is 11.3 Å². The minimum atomic E-state index is 0.233. The lowest BCUT2D eigenvalue weighted by molar-refractivity contribution is 0.710. The van der Waals surface area contributed by atoms with Gasteiger partial charge in [-0.1, -0.05) is 30.3 Å². The lowest BCUT2D eigenvalue weighted by Crippen LogP contribution is -1.94. The van der Waals surface area contributed by atoms with Gasteiger partial charge in [0.2, 0.25) is 0 Å². The second-order valence-electron chi connectivity index (χ2n) is 5.53. The fourth-order valence-corrected chi connectivity index (χ4v) is 2.63. The first kappa shape index (κ1) is 14.8. The minimum absolute atomic E-state index is 0.233. The van der Waals surface area contributed by atoms with Gasteiger partial charge in [-0.05, 0) is 23.3 Å². The van der Waals surface area contributed by atoms with Crippen LogP contribution in [0.2, 0.25) is 0 Å². The second kappa shape index (κ2) is 6.42. The monoisotopic (exact) mass is 326 g/mol. The van der Waals surface area contributed by atoms with Gasteiger partial charge >= 0.3 is 0 Å². The number of imidazole rings is 1. The number of pyridine rings is 1. The maximum atomic E-state index is 8.76. The van der Waals surface area contributed by atoms with Gasteiger partial charge in [0, 0.05) is 18.0 Å². The Bertz CT molecular complexity index is 1040. The fourth-order valence-electron chi connectivity index (χ4n) is 2.63. The first-order chi connectivity index (χ1) is 12.3. The van der Waals surface area contributed by atoms with Crippen LogP contribution < -0.4 is 0 Å². The molecular weight excluding hydrogens is 312 g/mol. The van der Waals surface area contributed by atoms with Crippen molar-refractivity contribution in [2.75, 3.05) is 0 Å². The van der Waals surface area contributed by atoms with Crippen molar-refractivity contribution in [2.24, 2.45) is 0 Å². The van der Waals surface area contributed by atoms with Crippen molar-refractivity contribution in [2.45, 2.75) is 6.54 Å². The van der Waals surface area contributed by atoms with Gasteiger partial charge in [0.1, 0.15) is 12.2 Å². The van der Waals surface area contributed by atoms with E-state index in [1.54, 1.807) is 17.1 Å². The Morgan fingerprint density at radius 2 is 1.88 bits per heavy atom. The number of rotatable bonds is 4. The summed E-state index contributed by atoms with van der Waals surface area (Å²) in [5.41, 5.74) is 4.70. The summed E-state index contributed by atoms with van der Waals surface area (Å²) >= 11 is 0. The molecule has 0 saturated carbocycles. The molecule has 4 aromatic rings. The van der Waals surface area contributed by atoms with Crippen LogP contribution in [-0.2, 0) is 6.54 Å². The molecule has 0 aliphatic rings. The summed E-state index contributed by atoms with van der Waals surface area (Å²) in [6, 6.07) is 16.0. The van der Waals surface area contributed by atoms with Crippen LogP contribution in [-0.4, -0.2) is 24.7 Å². The first-order valence-corrected chi connectivity index (χ1v) is 7.80. The van der Waals surface area contributed by atoms with E-state index in [4.69, 9.17) is 5.26 Å². The van der Waals surface area contributed by atoms with Crippen LogP contribution >= 0.6 is 0 Å². The van der Waals surface area contributed by atoms with E-state index in [0.29, 0.717) is 5.82 Å². The van der Waals surface area contributed by atoms with Crippen molar-refractivity contribution in [3.05, 3.63) is 67.3 Å². The summed E-state index contributed by atoms with van der Waals surface area (Å²) in [4.78, 5) is 12.2.